The number of likely N-dealkylation sites (N-methyl/N-ethyl adjacent to an activating group) is 1. The number of hydrogen-bond acceptors (Lipinski definition) is 3. The number of aliphatic hydroxyl groups is 1. The quantitative estimate of drug-likeness (QED) is 0.847. The normalized spacial score (nSPS) is 13.0. The molecule has 0 fully saturated rings. The van der Waals surface area contributed by atoms with Gasteiger partial charge in [0.25, 0.3) is 0 Å². The summed E-state index contributed by atoms with van der Waals surface area (Å²) in [6, 6.07) is 6.22. The lowest BCUT2D eigenvalue weighted by Crippen LogP contribution is -2.29. The molecule has 1 aliphatic heterocycles. The number of aliphatic hydroxyl groups excluding tert-OH is 1. The molecule has 0 atom stereocenters. The van der Waals surface area contributed by atoms with E-state index in [0.717, 1.165) is 25.2 Å². The van der Waals surface area contributed by atoms with Crippen molar-refractivity contribution in [1.82, 2.24) is 4.90 Å². The number of carbonyl (C=O) groups is 1. The van der Waals surface area contributed by atoms with E-state index in [2.05, 4.69) is 12.1 Å². The molecule has 1 aromatic carbocycles. The first-order valence-corrected chi connectivity index (χ1v) is 6.30. The van der Waals surface area contributed by atoms with Crippen molar-refractivity contribution in [3.8, 4) is 5.75 Å². The highest BCUT2D eigenvalue weighted by atomic mass is 16.5. The van der Waals surface area contributed by atoms with Crippen molar-refractivity contribution in [3.63, 3.8) is 0 Å². The average molecular weight is 249 g/mol. The van der Waals surface area contributed by atoms with Crippen LogP contribution in [-0.2, 0) is 17.6 Å². The van der Waals surface area contributed by atoms with Crippen LogP contribution in [0.15, 0.2) is 18.2 Å². The Morgan fingerprint density at radius 3 is 3.11 bits per heavy atom. The Hall–Kier alpha value is -1.55. The molecule has 1 aliphatic rings. The molecule has 98 valence electrons. The van der Waals surface area contributed by atoms with Gasteiger partial charge in [-0.05, 0) is 23.6 Å². The summed E-state index contributed by atoms with van der Waals surface area (Å²) in [6.45, 7) is 1.37. The second-order valence-corrected chi connectivity index (χ2v) is 4.58. The predicted molar refractivity (Wildman–Crippen MR) is 68.7 cm³/mol. The standard InChI is InChI=1S/C14H19NO3/c1-15(14(17)5-8-16)7-4-11-2-3-13-12(10-11)6-9-18-13/h2-3,10,16H,4-9H2,1H3. The number of rotatable bonds is 5. The molecule has 1 aromatic rings. The number of hydrogen-bond donors (Lipinski definition) is 1. The van der Waals surface area contributed by atoms with Crippen LogP contribution in [0.2, 0.25) is 0 Å². The molecular weight excluding hydrogens is 230 g/mol. The molecule has 1 amide bonds. The Balaban J connectivity index is 1.88. The highest BCUT2D eigenvalue weighted by Gasteiger charge is 2.13. The van der Waals surface area contributed by atoms with Crippen molar-refractivity contribution in [2.75, 3.05) is 26.8 Å². The van der Waals surface area contributed by atoms with Crippen molar-refractivity contribution in [2.45, 2.75) is 19.3 Å². The van der Waals surface area contributed by atoms with Gasteiger partial charge in [0.2, 0.25) is 5.91 Å². The lowest BCUT2D eigenvalue weighted by Gasteiger charge is -2.16. The molecule has 1 heterocycles. The molecular formula is C14H19NO3. The summed E-state index contributed by atoms with van der Waals surface area (Å²) < 4.78 is 5.46. The van der Waals surface area contributed by atoms with Crippen molar-refractivity contribution in [2.24, 2.45) is 0 Å². The maximum Gasteiger partial charge on any atom is 0.224 e. The van der Waals surface area contributed by atoms with Gasteiger partial charge in [0.1, 0.15) is 5.75 Å². The smallest absolute Gasteiger partial charge is 0.224 e. The van der Waals surface area contributed by atoms with Gasteiger partial charge in [0.15, 0.2) is 0 Å². The number of nitrogens with zero attached hydrogens (tertiary/aromatic N) is 1. The Morgan fingerprint density at radius 1 is 1.50 bits per heavy atom. The molecule has 0 saturated carbocycles. The predicted octanol–water partition coefficient (Wildman–Crippen LogP) is 1.00. The van der Waals surface area contributed by atoms with Crippen LogP contribution in [0.4, 0.5) is 0 Å². The zero-order valence-electron chi connectivity index (χ0n) is 10.7. The minimum atomic E-state index is -0.0840. The van der Waals surface area contributed by atoms with E-state index in [9.17, 15) is 4.79 Å². The zero-order valence-corrected chi connectivity index (χ0v) is 10.7. The molecule has 0 aromatic heterocycles. The van der Waals surface area contributed by atoms with E-state index in [4.69, 9.17) is 9.84 Å². The maximum atomic E-state index is 11.5. The second kappa shape index (κ2) is 5.87. The fraction of sp³-hybridized carbons (Fsp3) is 0.500. The third kappa shape index (κ3) is 3.01. The van der Waals surface area contributed by atoms with Crippen LogP contribution in [0.3, 0.4) is 0 Å². The summed E-state index contributed by atoms with van der Waals surface area (Å²) in [4.78, 5) is 13.2. The topological polar surface area (TPSA) is 49.8 Å². The number of benzene rings is 1. The second-order valence-electron chi connectivity index (χ2n) is 4.58. The first-order valence-electron chi connectivity index (χ1n) is 6.30. The van der Waals surface area contributed by atoms with Crippen LogP contribution in [0.25, 0.3) is 0 Å². The lowest BCUT2D eigenvalue weighted by atomic mass is 10.1. The summed E-state index contributed by atoms with van der Waals surface area (Å²) in [5, 5.41) is 8.72. The van der Waals surface area contributed by atoms with E-state index in [0.29, 0.717) is 6.54 Å². The highest BCUT2D eigenvalue weighted by molar-refractivity contribution is 5.75. The summed E-state index contributed by atoms with van der Waals surface area (Å²) in [5.41, 5.74) is 2.49. The molecule has 0 aliphatic carbocycles. The molecule has 18 heavy (non-hydrogen) atoms. The molecule has 4 nitrogen and oxygen atoms in total. The van der Waals surface area contributed by atoms with E-state index < -0.39 is 0 Å². The van der Waals surface area contributed by atoms with Gasteiger partial charge >= 0.3 is 0 Å². The minimum absolute atomic E-state index is 0.0120. The first kappa shape index (κ1) is 12.9. The van der Waals surface area contributed by atoms with Gasteiger partial charge in [-0.15, -0.1) is 0 Å². The third-order valence-electron chi connectivity index (χ3n) is 3.24. The van der Waals surface area contributed by atoms with Gasteiger partial charge in [-0.1, -0.05) is 12.1 Å². The Kier molecular flexibility index (Phi) is 4.20. The lowest BCUT2D eigenvalue weighted by molar-refractivity contribution is -0.130. The van der Waals surface area contributed by atoms with E-state index in [1.165, 1.54) is 11.1 Å². The largest absolute Gasteiger partial charge is 0.493 e. The minimum Gasteiger partial charge on any atom is -0.493 e. The monoisotopic (exact) mass is 249 g/mol. The van der Waals surface area contributed by atoms with Crippen LogP contribution in [0, 0.1) is 0 Å². The summed E-state index contributed by atoms with van der Waals surface area (Å²) >= 11 is 0. The van der Waals surface area contributed by atoms with Crippen molar-refractivity contribution >= 4 is 5.91 Å². The fourth-order valence-electron chi connectivity index (χ4n) is 2.10. The average Bonchev–Trinajstić information content (AvgIpc) is 2.83. The van der Waals surface area contributed by atoms with E-state index in [-0.39, 0.29) is 18.9 Å². The van der Waals surface area contributed by atoms with Gasteiger partial charge in [-0.25, -0.2) is 0 Å². The van der Waals surface area contributed by atoms with Crippen LogP contribution in [0.5, 0.6) is 5.75 Å². The number of fused-ring (bicyclic) bond motifs is 1. The van der Waals surface area contributed by atoms with Crippen molar-refractivity contribution in [1.29, 1.82) is 0 Å². The van der Waals surface area contributed by atoms with Gasteiger partial charge in [0.05, 0.1) is 13.2 Å². The SMILES string of the molecule is CN(CCc1ccc2c(c1)CCO2)C(=O)CCO. The highest BCUT2D eigenvalue weighted by Crippen LogP contribution is 2.25. The van der Waals surface area contributed by atoms with Crippen molar-refractivity contribution in [3.05, 3.63) is 29.3 Å². The number of carbonyl (C=O) groups excluding carboxylic acids is 1. The van der Waals surface area contributed by atoms with Gasteiger partial charge in [-0.2, -0.15) is 0 Å². The molecule has 1 N–H and O–H groups in total. The number of amides is 1. The van der Waals surface area contributed by atoms with Crippen LogP contribution in [0.1, 0.15) is 17.5 Å². The van der Waals surface area contributed by atoms with Crippen LogP contribution < -0.4 is 4.74 Å². The van der Waals surface area contributed by atoms with E-state index in [1.807, 2.05) is 6.07 Å². The number of ether oxygens (including phenoxy) is 1. The Labute approximate surface area is 107 Å². The Morgan fingerprint density at radius 2 is 2.33 bits per heavy atom. The maximum absolute atomic E-state index is 11.5. The van der Waals surface area contributed by atoms with Crippen LogP contribution >= 0.6 is 0 Å². The summed E-state index contributed by atoms with van der Waals surface area (Å²) in [5.74, 6) is 0.977. The fourth-order valence-corrected chi connectivity index (χ4v) is 2.10. The Bertz CT molecular complexity index is 431. The molecule has 0 unspecified atom stereocenters. The summed E-state index contributed by atoms with van der Waals surface area (Å²) in [7, 11) is 1.77. The zero-order chi connectivity index (χ0) is 13.0. The molecule has 4 heteroatoms. The van der Waals surface area contributed by atoms with Gasteiger partial charge in [-0.3, -0.25) is 4.79 Å². The molecule has 0 spiro atoms. The van der Waals surface area contributed by atoms with Crippen LogP contribution in [-0.4, -0.2) is 42.7 Å². The molecule has 0 radical (unpaired) electrons. The van der Waals surface area contributed by atoms with Crippen molar-refractivity contribution < 1.29 is 14.6 Å². The third-order valence-corrected chi connectivity index (χ3v) is 3.24. The molecule has 0 bridgehead atoms. The van der Waals surface area contributed by atoms with E-state index in [1.54, 1.807) is 11.9 Å². The van der Waals surface area contributed by atoms with Gasteiger partial charge < -0.3 is 14.7 Å². The molecule has 0 saturated heterocycles. The van der Waals surface area contributed by atoms with E-state index >= 15 is 0 Å². The molecule has 2 rings (SSSR count). The van der Waals surface area contributed by atoms with Gasteiger partial charge in [0, 0.05) is 26.4 Å². The first-order chi connectivity index (χ1) is 8.70. The summed E-state index contributed by atoms with van der Waals surface area (Å²) in [6.07, 6.45) is 2.01.